The first-order chi connectivity index (χ1) is 7.16. The Hall–Kier alpha value is -2.23. The molecule has 0 unspecified atom stereocenters. The molecule has 2 rings (SSSR count). The number of benzene rings is 1. The van der Waals surface area contributed by atoms with Gasteiger partial charge in [-0.05, 0) is 24.3 Å². The predicted octanol–water partition coefficient (Wildman–Crippen LogP) is 1.85. The number of rotatable bonds is 2. The van der Waals surface area contributed by atoms with E-state index in [0.29, 0.717) is 5.69 Å². The van der Waals surface area contributed by atoms with Crippen LogP contribution in [-0.4, -0.2) is 16.1 Å². The molecule has 0 aliphatic rings. The lowest BCUT2D eigenvalue weighted by Gasteiger charge is -1.94. The van der Waals surface area contributed by atoms with E-state index in [0.717, 1.165) is 22.5 Å². The Morgan fingerprint density at radius 2 is 2.27 bits per heavy atom. The minimum Gasteiger partial charge on any atom is -0.478 e. The van der Waals surface area contributed by atoms with E-state index in [1.54, 1.807) is 18.3 Å². The molecule has 4 N–H and O–H groups in total. The molecule has 0 atom stereocenters. The minimum atomic E-state index is -0.965. The molecule has 0 saturated carbocycles. The number of aliphatic carboxylic acids is 1. The number of nitrogens with one attached hydrogen (secondary N) is 1. The predicted molar refractivity (Wildman–Crippen MR) is 59.4 cm³/mol. The van der Waals surface area contributed by atoms with Crippen molar-refractivity contribution >= 4 is 28.6 Å². The number of hydrogen-bond donors (Lipinski definition) is 3. The molecule has 0 radical (unpaired) electrons. The topological polar surface area (TPSA) is 79.1 Å². The van der Waals surface area contributed by atoms with Crippen LogP contribution in [0.3, 0.4) is 0 Å². The highest BCUT2D eigenvalue weighted by atomic mass is 16.4. The fourth-order valence-corrected chi connectivity index (χ4v) is 1.46. The highest BCUT2D eigenvalue weighted by Gasteiger charge is 2.01. The van der Waals surface area contributed by atoms with Crippen LogP contribution in [0.4, 0.5) is 5.69 Å². The maximum absolute atomic E-state index is 10.4. The van der Waals surface area contributed by atoms with Crippen LogP contribution in [0.25, 0.3) is 17.0 Å². The third kappa shape index (κ3) is 1.83. The third-order valence-electron chi connectivity index (χ3n) is 2.14. The summed E-state index contributed by atoms with van der Waals surface area (Å²) in [6.45, 7) is 0. The van der Waals surface area contributed by atoms with E-state index in [1.807, 2.05) is 12.1 Å². The molecule has 0 aliphatic carbocycles. The van der Waals surface area contributed by atoms with Gasteiger partial charge in [-0.25, -0.2) is 4.79 Å². The maximum atomic E-state index is 10.4. The lowest BCUT2D eigenvalue weighted by Crippen LogP contribution is -1.85. The molecule has 2 aromatic rings. The van der Waals surface area contributed by atoms with Crippen LogP contribution in [0.15, 0.2) is 30.5 Å². The first-order valence-electron chi connectivity index (χ1n) is 4.44. The van der Waals surface area contributed by atoms with Gasteiger partial charge in [0.15, 0.2) is 0 Å². The normalized spacial score (nSPS) is 11.2. The van der Waals surface area contributed by atoms with Crippen LogP contribution in [0.1, 0.15) is 5.56 Å². The Bertz CT molecular complexity index is 541. The van der Waals surface area contributed by atoms with Crippen molar-refractivity contribution < 1.29 is 9.90 Å². The summed E-state index contributed by atoms with van der Waals surface area (Å²) in [5, 5.41) is 9.44. The monoisotopic (exact) mass is 202 g/mol. The quantitative estimate of drug-likeness (QED) is 0.513. The number of hydrogen-bond acceptors (Lipinski definition) is 2. The van der Waals surface area contributed by atoms with Crippen molar-refractivity contribution in [2.75, 3.05) is 5.73 Å². The van der Waals surface area contributed by atoms with Crippen LogP contribution in [0.2, 0.25) is 0 Å². The number of nitrogens with two attached hydrogens (primary N) is 1. The number of H-pyrrole nitrogens is 1. The summed E-state index contributed by atoms with van der Waals surface area (Å²) < 4.78 is 0. The molecule has 4 nitrogen and oxygen atoms in total. The summed E-state index contributed by atoms with van der Waals surface area (Å²) >= 11 is 0. The Morgan fingerprint density at radius 1 is 1.47 bits per heavy atom. The molecular formula is C11H10N2O2. The van der Waals surface area contributed by atoms with Crippen LogP contribution in [0.5, 0.6) is 0 Å². The number of fused-ring (bicyclic) bond motifs is 1. The van der Waals surface area contributed by atoms with Gasteiger partial charge in [-0.3, -0.25) is 0 Å². The second-order valence-corrected chi connectivity index (χ2v) is 3.22. The van der Waals surface area contributed by atoms with E-state index in [2.05, 4.69) is 4.98 Å². The van der Waals surface area contributed by atoms with Crippen molar-refractivity contribution in [1.29, 1.82) is 0 Å². The van der Waals surface area contributed by atoms with Gasteiger partial charge in [0.1, 0.15) is 0 Å². The molecule has 1 heterocycles. The number of anilines is 1. The van der Waals surface area contributed by atoms with Gasteiger partial charge >= 0.3 is 5.97 Å². The molecule has 1 aromatic heterocycles. The van der Waals surface area contributed by atoms with Gasteiger partial charge in [0.05, 0.1) is 0 Å². The van der Waals surface area contributed by atoms with Gasteiger partial charge < -0.3 is 15.8 Å². The van der Waals surface area contributed by atoms with E-state index in [1.165, 1.54) is 0 Å². The second-order valence-electron chi connectivity index (χ2n) is 3.22. The Kier molecular flexibility index (Phi) is 2.17. The van der Waals surface area contributed by atoms with E-state index < -0.39 is 5.97 Å². The Labute approximate surface area is 86.0 Å². The summed E-state index contributed by atoms with van der Waals surface area (Å²) in [6.07, 6.45) is 4.40. The van der Waals surface area contributed by atoms with Gasteiger partial charge in [-0.1, -0.05) is 0 Å². The Balaban J connectivity index is 2.52. The molecule has 1 aromatic carbocycles. The smallest absolute Gasteiger partial charge is 0.328 e. The van der Waals surface area contributed by atoms with Gasteiger partial charge in [0.2, 0.25) is 0 Å². The largest absolute Gasteiger partial charge is 0.478 e. The zero-order valence-electron chi connectivity index (χ0n) is 7.90. The van der Waals surface area contributed by atoms with Crippen molar-refractivity contribution in [3.63, 3.8) is 0 Å². The Morgan fingerprint density at radius 3 is 3.00 bits per heavy atom. The highest BCUT2D eigenvalue weighted by molar-refractivity contribution is 5.94. The van der Waals surface area contributed by atoms with Crippen molar-refractivity contribution in [3.8, 4) is 0 Å². The maximum Gasteiger partial charge on any atom is 0.328 e. The average molecular weight is 202 g/mol. The number of carboxylic acids is 1. The van der Waals surface area contributed by atoms with Crippen LogP contribution < -0.4 is 5.73 Å². The summed E-state index contributed by atoms with van der Waals surface area (Å²) in [4.78, 5) is 13.4. The van der Waals surface area contributed by atoms with E-state index in [-0.39, 0.29) is 0 Å². The lowest BCUT2D eigenvalue weighted by molar-refractivity contribution is -0.131. The van der Waals surface area contributed by atoms with Crippen LogP contribution in [-0.2, 0) is 4.79 Å². The van der Waals surface area contributed by atoms with Gasteiger partial charge in [0.25, 0.3) is 0 Å². The average Bonchev–Trinajstić information content (AvgIpc) is 2.57. The number of aromatic amines is 1. The minimum absolute atomic E-state index is 0.659. The molecule has 0 aliphatic heterocycles. The fraction of sp³-hybridized carbons (Fsp3) is 0. The second kappa shape index (κ2) is 3.49. The van der Waals surface area contributed by atoms with Crippen LogP contribution >= 0.6 is 0 Å². The summed E-state index contributed by atoms with van der Waals surface area (Å²) in [5.41, 5.74) is 8.07. The van der Waals surface area contributed by atoms with Crippen molar-refractivity contribution in [3.05, 3.63) is 36.0 Å². The fourth-order valence-electron chi connectivity index (χ4n) is 1.46. The van der Waals surface area contributed by atoms with E-state index in [4.69, 9.17) is 10.8 Å². The molecule has 15 heavy (non-hydrogen) atoms. The molecular weight excluding hydrogens is 192 g/mol. The third-order valence-corrected chi connectivity index (χ3v) is 2.14. The number of aromatic nitrogens is 1. The summed E-state index contributed by atoms with van der Waals surface area (Å²) in [7, 11) is 0. The van der Waals surface area contributed by atoms with E-state index >= 15 is 0 Å². The molecule has 0 bridgehead atoms. The summed E-state index contributed by atoms with van der Waals surface area (Å²) in [5.74, 6) is -0.965. The molecule has 4 heteroatoms. The number of carbonyl (C=O) groups is 1. The molecule has 0 saturated heterocycles. The highest BCUT2D eigenvalue weighted by Crippen LogP contribution is 2.21. The zero-order chi connectivity index (χ0) is 10.8. The number of carboxylic acid groups (broad SMARTS) is 1. The molecule has 0 spiro atoms. The van der Waals surface area contributed by atoms with Gasteiger partial charge in [-0.2, -0.15) is 0 Å². The van der Waals surface area contributed by atoms with Crippen molar-refractivity contribution in [2.45, 2.75) is 0 Å². The van der Waals surface area contributed by atoms with Gasteiger partial charge in [-0.15, -0.1) is 0 Å². The lowest BCUT2D eigenvalue weighted by atomic mass is 10.1. The molecule has 0 fully saturated rings. The summed E-state index contributed by atoms with van der Waals surface area (Å²) in [6, 6.07) is 5.47. The zero-order valence-corrected chi connectivity index (χ0v) is 7.90. The SMILES string of the molecule is Nc1ccc2[nH]cc(/C=C/C(=O)O)c2c1. The van der Waals surface area contributed by atoms with Gasteiger partial charge in [0, 0.05) is 34.4 Å². The number of nitrogen functional groups attached to an aromatic ring is 1. The van der Waals surface area contributed by atoms with Crippen molar-refractivity contribution in [1.82, 2.24) is 4.98 Å². The molecule has 0 amide bonds. The first kappa shape index (κ1) is 9.33. The molecule has 76 valence electrons. The first-order valence-corrected chi connectivity index (χ1v) is 4.44. The van der Waals surface area contributed by atoms with Crippen LogP contribution in [0, 0.1) is 0 Å². The van der Waals surface area contributed by atoms with E-state index in [9.17, 15) is 4.79 Å². The standard InChI is InChI=1S/C11H10N2O2/c12-8-2-3-10-9(5-8)7(6-13-10)1-4-11(14)15/h1-6,13H,12H2,(H,14,15)/b4-1+. The van der Waals surface area contributed by atoms with Crippen molar-refractivity contribution in [2.24, 2.45) is 0 Å².